The molecular formula is C22H33N3O2. The van der Waals surface area contributed by atoms with Gasteiger partial charge >= 0.3 is 0 Å². The van der Waals surface area contributed by atoms with Crippen LogP contribution in [0.1, 0.15) is 56.3 Å². The van der Waals surface area contributed by atoms with E-state index in [1.54, 1.807) is 0 Å². The van der Waals surface area contributed by atoms with Crippen LogP contribution < -0.4 is 4.90 Å². The fourth-order valence-corrected chi connectivity index (χ4v) is 4.11. The van der Waals surface area contributed by atoms with Gasteiger partial charge in [-0.25, -0.2) is 0 Å². The van der Waals surface area contributed by atoms with Gasteiger partial charge < -0.3 is 9.80 Å². The van der Waals surface area contributed by atoms with Crippen molar-refractivity contribution in [2.45, 2.75) is 52.0 Å². The first kappa shape index (κ1) is 20.0. The van der Waals surface area contributed by atoms with E-state index in [1.165, 1.54) is 6.42 Å². The Balaban J connectivity index is 1.47. The maximum Gasteiger partial charge on any atom is 0.227 e. The van der Waals surface area contributed by atoms with Gasteiger partial charge in [-0.2, -0.15) is 0 Å². The highest BCUT2D eigenvalue weighted by Crippen LogP contribution is 2.27. The third-order valence-corrected chi connectivity index (χ3v) is 6.09. The predicted octanol–water partition coefficient (Wildman–Crippen LogP) is 3.19. The van der Waals surface area contributed by atoms with Gasteiger partial charge in [-0.1, -0.05) is 19.1 Å². The van der Waals surface area contributed by atoms with Crippen molar-refractivity contribution >= 4 is 17.4 Å². The van der Waals surface area contributed by atoms with Crippen molar-refractivity contribution in [2.75, 3.05) is 44.2 Å². The molecule has 0 bridgehead atoms. The van der Waals surface area contributed by atoms with Crippen molar-refractivity contribution in [3.05, 3.63) is 29.8 Å². The summed E-state index contributed by atoms with van der Waals surface area (Å²) in [5.74, 6) is 0.163. The van der Waals surface area contributed by atoms with Crippen LogP contribution >= 0.6 is 0 Å². The lowest BCUT2D eigenvalue weighted by Crippen LogP contribution is -2.49. The minimum Gasteiger partial charge on any atom is -0.312 e. The number of benzene rings is 1. The summed E-state index contributed by atoms with van der Waals surface area (Å²) in [5, 5.41) is 0. The molecule has 1 aromatic carbocycles. The second-order valence-corrected chi connectivity index (χ2v) is 7.83. The number of ketones is 1. The molecule has 1 saturated heterocycles. The van der Waals surface area contributed by atoms with Crippen LogP contribution in [-0.2, 0) is 4.79 Å². The molecule has 1 amide bonds. The summed E-state index contributed by atoms with van der Waals surface area (Å²) < 4.78 is 0. The van der Waals surface area contributed by atoms with Crippen LogP contribution in [0.5, 0.6) is 0 Å². The van der Waals surface area contributed by atoms with Crippen molar-refractivity contribution < 1.29 is 9.59 Å². The molecule has 2 aliphatic heterocycles. The topological polar surface area (TPSA) is 43.9 Å². The maximum atomic E-state index is 12.5. The lowest BCUT2D eigenvalue weighted by Gasteiger charge is -2.37. The number of piperazine rings is 1. The van der Waals surface area contributed by atoms with E-state index in [4.69, 9.17) is 0 Å². The molecule has 0 N–H and O–H groups in total. The number of amides is 1. The van der Waals surface area contributed by atoms with Crippen molar-refractivity contribution in [3.8, 4) is 0 Å². The number of hydrogen-bond donors (Lipinski definition) is 0. The zero-order valence-electron chi connectivity index (χ0n) is 16.8. The number of carbonyl (C=O) groups excluding carboxylic acids is 2. The number of Topliss-reactive ketones (excluding diaryl/α,β-unsaturated/α-hetero) is 1. The molecule has 0 radical (unpaired) electrons. The standard InChI is InChI=1S/C22H33N3O2/c1-3-18(2)24-16-14-23(15-17-24)12-6-7-13-25-20-9-5-4-8-19(20)21(26)10-11-22(25)27/h4-5,8-9,18H,3,6-7,10-17H2,1-2H3. The minimum atomic E-state index is 0.0791. The molecule has 0 aromatic heterocycles. The number of fused-ring (bicyclic) bond motifs is 1. The van der Waals surface area contributed by atoms with Crippen molar-refractivity contribution in [2.24, 2.45) is 0 Å². The highest BCUT2D eigenvalue weighted by atomic mass is 16.2. The van der Waals surface area contributed by atoms with E-state index in [0.717, 1.165) is 51.3 Å². The second kappa shape index (κ2) is 9.47. The Morgan fingerprint density at radius 2 is 1.67 bits per heavy atom. The molecule has 5 nitrogen and oxygen atoms in total. The first-order valence-electron chi connectivity index (χ1n) is 10.5. The van der Waals surface area contributed by atoms with Gasteiger partial charge in [0.15, 0.2) is 5.78 Å². The van der Waals surface area contributed by atoms with Crippen LogP contribution in [0.4, 0.5) is 5.69 Å². The van der Waals surface area contributed by atoms with Crippen molar-refractivity contribution in [1.29, 1.82) is 0 Å². The zero-order valence-corrected chi connectivity index (χ0v) is 16.8. The van der Waals surface area contributed by atoms with Crippen molar-refractivity contribution in [3.63, 3.8) is 0 Å². The Hall–Kier alpha value is -1.72. The van der Waals surface area contributed by atoms with Crippen LogP contribution in [0.25, 0.3) is 0 Å². The Morgan fingerprint density at radius 1 is 0.963 bits per heavy atom. The Bertz CT molecular complexity index is 653. The summed E-state index contributed by atoms with van der Waals surface area (Å²) in [6, 6.07) is 8.23. The molecule has 0 aliphatic carbocycles. The Labute approximate surface area is 163 Å². The van der Waals surface area contributed by atoms with Crippen LogP contribution in [0, 0.1) is 0 Å². The molecule has 2 aliphatic rings. The molecule has 0 spiro atoms. The van der Waals surface area contributed by atoms with Gasteiger partial charge in [0.1, 0.15) is 0 Å². The summed E-state index contributed by atoms with van der Waals surface area (Å²) in [5.41, 5.74) is 1.50. The smallest absolute Gasteiger partial charge is 0.227 e. The van der Waals surface area contributed by atoms with Crippen LogP contribution in [0.2, 0.25) is 0 Å². The van der Waals surface area contributed by atoms with Gasteiger partial charge in [0.2, 0.25) is 5.91 Å². The number of carbonyl (C=O) groups is 2. The summed E-state index contributed by atoms with van der Waals surface area (Å²) in [7, 11) is 0. The number of hydrogen-bond acceptors (Lipinski definition) is 4. The van der Waals surface area contributed by atoms with Crippen LogP contribution in [0.3, 0.4) is 0 Å². The van der Waals surface area contributed by atoms with Gasteiger partial charge in [0, 0.05) is 57.2 Å². The largest absolute Gasteiger partial charge is 0.312 e. The Morgan fingerprint density at radius 3 is 2.41 bits per heavy atom. The monoisotopic (exact) mass is 371 g/mol. The molecule has 1 fully saturated rings. The number of nitrogens with zero attached hydrogens (tertiary/aromatic N) is 3. The predicted molar refractivity (Wildman–Crippen MR) is 109 cm³/mol. The number of anilines is 1. The van der Waals surface area contributed by atoms with Crippen LogP contribution in [-0.4, -0.2) is 66.8 Å². The van der Waals surface area contributed by atoms with E-state index in [2.05, 4.69) is 23.6 Å². The van der Waals surface area contributed by atoms with E-state index in [0.29, 0.717) is 31.0 Å². The van der Waals surface area contributed by atoms with Gasteiger partial charge in [-0.15, -0.1) is 0 Å². The molecule has 27 heavy (non-hydrogen) atoms. The molecule has 5 heteroatoms. The molecule has 1 unspecified atom stereocenters. The summed E-state index contributed by atoms with van der Waals surface area (Å²) in [6.45, 7) is 11.0. The van der Waals surface area contributed by atoms with E-state index < -0.39 is 0 Å². The number of para-hydroxylation sites is 1. The second-order valence-electron chi connectivity index (χ2n) is 7.83. The fourth-order valence-electron chi connectivity index (χ4n) is 4.11. The SMILES string of the molecule is CCC(C)N1CCN(CCCCN2C(=O)CCC(=O)c3ccccc32)CC1. The molecule has 0 saturated carbocycles. The molecule has 2 heterocycles. The van der Waals surface area contributed by atoms with Gasteiger partial charge in [-0.3, -0.25) is 14.5 Å². The minimum absolute atomic E-state index is 0.0791. The van der Waals surface area contributed by atoms with Gasteiger partial charge in [0.25, 0.3) is 0 Å². The Kier molecular flexibility index (Phi) is 7.02. The lowest BCUT2D eigenvalue weighted by molar-refractivity contribution is -0.118. The maximum absolute atomic E-state index is 12.5. The quantitative estimate of drug-likeness (QED) is 0.691. The normalized spacial score (nSPS) is 20.4. The molecule has 148 valence electrons. The fraction of sp³-hybridized carbons (Fsp3) is 0.636. The third kappa shape index (κ3) is 4.96. The third-order valence-electron chi connectivity index (χ3n) is 6.09. The first-order chi connectivity index (χ1) is 13.1. The van der Waals surface area contributed by atoms with Crippen LogP contribution in [0.15, 0.2) is 24.3 Å². The van der Waals surface area contributed by atoms with E-state index in [1.807, 2.05) is 29.2 Å². The average Bonchev–Trinajstić information content (AvgIpc) is 2.82. The highest BCUT2D eigenvalue weighted by Gasteiger charge is 2.26. The highest BCUT2D eigenvalue weighted by molar-refractivity contribution is 6.09. The van der Waals surface area contributed by atoms with E-state index >= 15 is 0 Å². The number of rotatable bonds is 7. The summed E-state index contributed by atoms with van der Waals surface area (Å²) in [4.78, 5) is 31.7. The lowest BCUT2D eigenvalue weighted by atomic mass is 10.1. The molecule has 1 aromatic rings. The van der Waals surface area contributed by atoms with E-state index in [-0.39, 0.29) is 11.7 Å². The van der Waals surface area contributed by atoms with Gasteiger partial charge in [-0.05, 0) is 44.9 Å². The molecular weight excluding hydrogens is 338 g/mol. The summed E-state index contributed by atoms with van der Waals surface area (Å²) >= 11 is 0. The molecule has 3 rings (SSSR count). The summed E-state index contributed by atoms with van der Waals surface area (Å²) in [6.07, 6.45) is 3.93. The van der Waals surface area contributed by atoms with Crippen molar-refractivity contribution in [1.82, 2.24) is 9.80 Å². The first-order valence-corrected chi connectivity index (χ1v) is 10.5. The average molecular weight is 372 g/mol. The van der Waals surface area contributed by atoms with Gasteiger partial charge in [0.05, 0.1) is 5.69 Å². The molecule has 1 atom stereocenters. The van der Waals surface area contributed by atoms with E-state index in [9.17, 15) is 9.59 Å². The number of unbranched alkanes of at least 4 members (excludes halogenated alkanes) is 1. The zero-order chi connectivity index (χ0) is 19.2.